The highest BCUT2D eigenvalue weighted by atomic mass is 16.5. The van der Waals surface area contributed by atoms with Crippen LogP contribution in [0.4, 0.5) is 0 Å². The van der Waals surface area contributed by atoms with Gasteiger partial charge in [0.2, 0.25) is 0 Å². The molecule has 0 spiro atoms. The molecule has 0 aromatic carbocycles. The summed E-state index contributed by atoms with van der Waals surface area (Å²) >= 11 is 0. The van der Waals surface area contributed by atoms with Gasteiger partial charge in [-0.3, -0.25) is 4.79 Å². The fourth-order valence-electron chi connectivity index (χ4n) is 6.57. The van der Waals surface area contributed by atoms with Crippen LogP contribution < -0.4 is 0 Å². The Balaban J connectivity index is 1.53. The third-order valence-corrected chi connectivity index (χ3v) is 7.86. The van der Waals surface area contributed by atoms with Crippen molar-refractivity contribution in [2.45, 2.75) is 57.8 Å². The van der Waals surface area contributed by atoms with E-state index in [1.54, 1.807) is 22.3 Å². The number of esters is 1. The summed E-state index contributed by atoms with van der Waals surface area (Å²) in [6.45, 7) is 0. The van der Waals surface area contributed by atoms with E-state index < -0.39 is 0 Å². The molecule has 5 aliphatic rings. The smallest absolute Gasteiger partial charge is 0.308 e. The largest absolute Gasteiger partial charge is 0.469 e. The summed E-state index contributed by atoms with van der Waals surface area (Å²) < 4.78 is 5.06. The van der Waals surface area contributed by atoms with Gasteiger partial charge in [0.25, 0.3) is 0 Å². The van der Waals surface area contributed by atoms with Crippen LogP contribution in [0.15, 0.2) is 46.6 Å². The molecular weight excluding hydrogens is 320 g/mol. The molecule has 1 fully saturated rings. The maximum atomic E-state index is 12.1. The molecule has 0 aromatic heterocycles. The fourth-order valence-corrected chi connectivity index (χ4v) is 6.57. The summed E-state index contributed by atoms with van der Waals surface area (Å²) in [5, 5.41) is 0. The summed E-state index contributed by atoms with van der Waals surface area (Å²) in [6.07, 6.45) is 20.8. The average molecular weight is 351 g/mol. The van der Waals surface area contributed by atoms with Crippen LogP contribution in [0.25, 0.3) is 0 Å². The van der Waals surface area contributed by atoms with Gasteiger partial charge in [-0.15, -0.1) is 0 Å². The number of methoxy groups -OCH3 is 1. The van der Waals surface area contributed by atoms with Crippen molar-refractivity contribution >= 4 is 5.97 Å². The van der Waals surface area contributed by atoms with Crippen LogP contribution >= 0.6 is 0 Å². The predicted molar refractivity (Wildman–Crippen MR) is 103 cm³/mol. The van der Waals surface area contributed by atoms with E-state index in [4.69, 9.17) is 4.74 Å². The quantitative estimate of drug-likeness (QED) is 0.582. The first kappa shape index (κ1) is 16.6. The van der Waals surface area contributed by atoms with Crippen molar-refractivity contribution in [1.29, 1.82) is 0 Å². The molecule has 0 amide bonds. The SMILES string of the molecule is COC(=O)C1CCC2CCC3C(=C2C1)C=CC1=C2C=CCCC2CCC13. The zero-order chi connectivity index (χ0) is 17.7. The first-order valence-electron chi connectivity index (χ1n) is 10.7. The minimum absolute atomic E-state index is 0.00544. The molecule has 2 heteroatoms. The molecule has 0 heterocycles. The summed E-state index contributed by atoms with van der Waals surface area (Å²) in [5.41, 5.74) is 6.49. The molecule has 0 bridgehead atoms. The maximum Gasteiger partial charge on any atom is 0.308 e. The Hall–Kier alpha value is -1.57. The van der Waals surface area contributed by atoms with Gasteiger partial charge in [0.1, 0.15) is 0 Å². The van der Waals surface area contributed by atoms with Crippen LogP contribution in [0.1, 0.15) is 57.8 Å². The highest BCUT2D eigenvalue weighted by Crippen LogP contribution is 2.54. The topological polar surface area (TPSA) is 26.3 Å². The van der Waals surface area contributed by atoms with Gasteiger partial charge in [-0.1, -0.05) is 29.9 Å². The van der Waals surface area contributed by atoms with E-state index in [2.05, 4.69) is 24.3 Å². The van der Waals surface area contributed by atoms with Gasteiger partial charge in [0.05, 0.1) is 13.0 Å². The average Bonchev–Trinajstić information content (AvgIpc) is 2.71. The fraction of sp³-hybridized carbons (Fsp3) is 0.625. The minimum Gasteiger partial charge on any atom is -0.469 e. The lowest BCUT2D eigenvalue weighted by Gasteiger charge is -2.46. The predicted octanol–water partition coefficient (Wildman–Crippen LogP) is 5.52. The molecule has 26 heavy (non-hydrogen) atoms. The van der Waals surface area contributed by atoms with Crippen molar-refractivity contribution in [3.8, 4) is 0 Å². The second-order valence-electron chi connectivity index (χ2n) is 8.97. The molecule has 0 N–H and O–H groups in total. The molecule has 0 aromatic rings. The van der Waals surface area contributed by atoms with Crippen LogP contribution in [-0.4, -0.2) is 13.1 Å². The Bertz CT molecular complexity index is 735. The Morgan fingerprint density at radius 3 is 2.42 bits per heavy atom. The summed E-state index contributed by atoms with van der Waals surface area (Å²) in [5.74, 6) is 3.01. The number of hydrogen-bond donors (Lipinski definition) is 0. The number of carbonyl (C=O) groups excluding carboxylic acids is 1. The first-order chi connectivity index (χ1) is 12.8. The van der Waals surface area contributed by atoms with E-state index in [0.29, 0.717) is 11.8 Å². The van der Waals surface area contributed by atoms with Crippen molar-refractivity contribution in [2.24, 2.45) is 29.6 Å². The molecule has 2 nitrogen and oxygen atoms in total. The van der Waals surface area contributed by atoms with Gasteiger partial charge < -0.3 is 4.74 Å². The van der Waals surface area contributed by atoms with Gasteiger partial charge in [-0.25, -0.2) is 0 Å². The number of allylic oxidation sites excluding steroid dienone is 8. The van der Waals surface area contributed by atoms with Crippen LogP contribution in [0, 0.1) is 29.6 Å². The van der Waals surface area contributed by atoms with E-state index in [1.807, 2.05) is 0 Å². The minimum atomic E-state index is -0.00544. The second kappa shape index (κ2) is 6.55. The third-order valence-electron chi connectivity index (χ3n) is 7.86. The first-order valence-corrected chi connectivity index (χ1v) is 10.7. The van der Waals surface area contributed by atoms with Gasteiger partial charge in [-0.2, -0.15) is 0 Å². The Kier molecular flexibility index (Phi) is 4.18. The van der Waals surface area contributed by atoms with Crippen LogP contribution in [0.3, 0.4) is 0 Å². The Morgan fingerprint density at radius 1 is 0.846 bits per heavy atom. The molecule has 1 saturated carbocycles. The standard InChI is InChI=1S/C24H30O2/c1-26-24(25)17-7-6-16-9-11-21-20-10-8-15-4-2-3-5-18(15)19(20)12-13-22(21)23(16)14-17/h3,5,12-13,15-17,20-21H,2,4,6-11,14H2,1H3. The molecule has 0 aliphatic heterocycles. The highest BCUT2D eigenvalue weighted by Gasteiger charge is 2.42. The molecule has 5 rings (SSSR count). The molecule has 138 valence electrons. The number of rotatable bonds is 1. The normalized spacial score (nSPS) is 38.3. The van der Waals surface area contributed by atoms with Gasteiger partial charge in [-0.05, 0) is 98.2 Å². The van der Waals surface area contributed by atoms with E-state index in [-0.39, 0.29) is 11.9 Å². The van der Waals surface area contributed by atoms with Crippen molar-refractivity contribution in [1.82, 2.24) is 0 Å². The van der Waals surface area contributed by atoms with Gasteiger partial charge in [0.15, 0.2) is 0 Å². The molecule has 5 unspecified atom stereocenters. The zero-order valence-corrected chi connectivity index (χ0v) is 15.9. The van der Waals surface area contributed by atoms with Gasteiger partial charge >= 0.3 is 5.97 Å². The maximum absolute atomic E-state index is 12.1. The molecule has 0 radical (unpaired) electrons. The lowest BCUT2D eigenvalue weighted by atomic mass is 9.59. The van der Waals surface area contributed by atoms with Crippen LogP contribution in [0.5, 0.6) is 0 Å². The van der Waals surface area contributed by atoms with Crippen molar-refractivity contribution in [3.05, 3.63) is 46.6 Å². The van der Waals surface area contributed by atoms with Crippen molar-refractivity contribution < 1.29 is 9.53 Å². The van der Waals surface area contributed by atoms with E-state index in [1.165, 1.54) is 52.1 Å². The Morgan fingerprint density at radius 2 is 1.58 bits per heavy atom. The number of carbonyl (C=O) groups is 1. The summed E-state index contributed by atoms with van der Waals surface area (Å²) in [6, 6.07) is 0. The number of hydrogen-bond acceptors (Lipinski definition) is 2. The zero-order valence-electron chi connectivity index (χ0n) is 15.9. The van der Waals surface area contributed by atoms with E-state index >= 15 is 0 Å². The van der Waals surface area contributed by atoms with Crippen molar-refractivity contribution in [3.63, 3.8) is 0 Å². The van der Waals surface area contributed by atoms with Gasteiger partial charge in [0, 0.05) is 0 Å². The summed E-state index contributed by atoms with van der Waals surface area (Å²) in [4.78, 5) is 12.1. The highest BCUT2D eigenvalue weighted by molar-refractivity contribution is 5.73. The lowest BCUT2D eigenvalue weighted by molar-refractivity contribution is -0.146. The lowest BCUT2D eigenvalue weighted by Crippen LogP contribution is -2.35. The monoisotopic (exact) mass is 350 g/mol. The molecule has 0 saturated heterocycles. The third kappa shape index (κ3) is 2.56. The summed E-state index contributed by atoms with van der Waals surface area (Å²) in [7, 11) is 1.53. The van der Waals surface area contributed by atoms with E-state index in [0.717, 1.165) is 24.7 Å². The molecular formula is C24H30O2. The second-order valence-corrected chi connectivity index (χ2v) is 8.97. The van der Waals surface area contributed by atoms with Crippen LogP contribution in [-0.2, 0) is 9.53 Å². The van der Waals surface area contributed by atoms with Crippen LogP contribution in [0.2, 0.25) is 0 Å². The molecule has 5 aliphatic carbocycles. The molecule has 5 atom stereocenters. The van der Waals surface area contributed by atoms with Crippen molar-refractivity contribution in [2.75, 3.05) is 7.11 Å². The number of ether oxygens (including phenoxy) is 1. The number of fused-ring (bicyclic) bond motifs is 5. The Labute approximate surface area is 157 Å². The van der Waals surface area contributed by atoms with E-state index in [9.17, 15) is 4.79 Å².